The number of hydrogen-bond donors (Lipinski definition) is 3. The van der Waals surface area contributed by atoms with Crippen molar-refractivity contribution >= 4 is 35.0 Å². The summed E-state index contributed by atoms with van der Waals surface area (Å²) in [5, 5.41) is 23.4. The van der Waals surface area contributed by atoms with Crippen molar-refractivity contribution in [2.24, 2.45) is 5.92 Å². The van der Waals surface area contributed by atoms with Crippen LogP contribution in [0.4, 0.5) is 4.79 Å². The van der Waals surface area contributed by atoms with Crippen LogP contribution in [0.2, 0.25) is 0 Å². The Kier molecular flexibility index (Phi) is 12.1. The van der Waals surface area contributed by atoms with Crippen molar-refractivity contribution in [1.82, 2.24) is 20.1 Å². The lowest BCUT2D eigenvalue weighted by Gasteiger charge is -2.35. The molecule has 13 heteroatoms. The van der Waals surface area contributed by atoms with E-state index in [-0.39, 0.29) is 49.2 Å². The number of benzene rings is 1. The number of hydrogen-bond acceptors (Lipinski definition) is 9. The van der Waals surface area contributed by atoms with Crippen LogP contribution in [-0.4, -0.2) is 101 Å². The highest BCUT2D eigenvalue weighted by Gasteiger charge is 2.40. The number of carbonyl (C=O) groups excluding carboxylic acids is 3. The highest BCUT2D eigenvalue weighted by molar-refractivity contribution is 7.10. The fraction of sp³-hybridized carbons (Fsp3) is 0.581. The first-order chi connectivity index (χ1) is 21.2. The molecule has 12 nitrogen and oxygen atoms in total. The van der Waals surface area contributed by atoms with E-state index in [1.807, 2.05) is 0 Å². The number of carbonyl (C=O) groups is 4. The topological polar surface area (TPSA) is 159 Å². The van der Waals surface area contributed by atoms with Gasteiger partial charge in [0.05, 0.1) is 25.9 Å². The Balaban J connectivity index is 1.47. The maximum absolute atomic E-state index is 14.1. The standard InChI is InChI=1S/C31H42N4O8S/c1-20(34(2)31(40)41)28(38)33-26(21-8-4-3-5-9-21)30(39)35-13-7-12-25(35)29-32-24(19-44-29)27(37)22-10-6-11-23(18-22)43-17-16-42-15-14-36/h6,10-11,18-21,25-26,36H,3-5,7-9,12-17H2,1-2H3,(H,33,38)(H,40,41)/t20?,25?,26-/m0/s1. The van der Waals surface area contributed by atoms with Crippen molar-refractivity contribution < 1.29 is 38.9 Å². The molecule has 3 atom stereocenters. The minimum atomic E-state index is -1.22. The van der Waals surface area contributed by atoms with Crippen molar-refractivity contribution in [3.05, 3.63) is 45.9 Å². The average molecular weight is 631 g/mol. The molecule has 240 valence electrons. The van der Waals surface area contributed by atoms with Crippen LogP contribution in [0.1, 0.15) is 79.0 Å². The van der Waals surface area contributed by atoms with Gasteiger partial charge in [-0.2, -0.15) is 0 Å². The van der Waals surface area contributed by atoms with E-state index in [0.29, 0.717) is 35.9 Å². The number of aliphatic hydroxyl groups excluding tert-OH is 1. The molecular weight excluding hydrogens is 588 g/mol. The van der Waals surface area contributed by atoms with Crippen LogP contribution in [0.5, 0.6) is 5.75 Å². The number of likely N-dealkylation sites (tertiary alicyclic amines) is 1. The molecule has 4 rings (SSSR count). The van der Waals surface area contributed by atoms with E-state index in [1.165, 1.54) is 25.3 Å². The lowest BCUT2D eigenvalue weighted by Crippen LogP contribution is -2.56. The van der Waals surface area contributed by atoms with Crippen LogP contribution in [0.3, 0.4) is 0 Å². The highest BCUT2D eigenvalue weighted by Crippen LogP contribution is 2.36. The summed E-state index contributed by atoms with van der Waals surface area (Å²) in [5.74, 6) is -0.456. The third-order valence-corrected chi connectivity index (χ3v) is 9.30. The van der Waals surface area contributed by atoms with Gasteiger partial charge in [-0.1, -0.05) is 31.4 Å². The number of carboxylic acid groups (broad SMARTS) is 1. The van der Waals surface area contributed by atoms with Gasteiger partial charge >= 0.3 is 6.09 Å². The number of ether oxygens (including phenoxy) is 2. The molecule has 1 aromatic heterocycles. The average Bonchev–Trinajstić information content (AvgIpc) is 3.73. The van der Waals surface area contributed by atoms with E-state index >= 15 is 0 Å². The first-order valence-electron chi connectivity index (χ1n) is 15.2. The minimum Gasteiger partial charge on any atom is -0.491 e. The maximum atomic E-state index is 14.1. The SMILES string of the molecule is CC(C(=O)N[C@H](C(=O)N1CCCC1c1nc(C(=O)c2cccc(OCCOCCO)c2)cs1)C1CCCCC1)N(C)C(=O)O. The monoisotopic (exact) mass is 630 g/mol. The molecule has 2 unspecified atom stereocenters. The van der Waals surface area contributed by atoms with Crippen molar-refractivity contribution in [2.75, 3.05) is 40.0 Å². The molecule has 2 aliphatic rings. The largest absolute Gasteiger partial charge is 0.491 e. The Labute approximate surface area is 261 Å². The number of nitrogens with one attached hydrogen (secondary N) is 1. The Morgan fingerprint density at radius 3 is 2.61 bits per heavy atom. The van der Waals surface area contributed by atoms with Crippen LogP contribution in [-0.2, 0) is 14.3 Å². The van der Waals surface area contributed by atoms with Crippen LogP contribution in [0.15, 0.2) is 29.6 Å². The summed E-state index contributed by atoms with van der Waals surface area (Å²) in [7, 11) is 1.33. The van der Waals surface area contributed by atoms with Crippen molar-refractivity contribution in [3.8, 4) is 5.75 Å². The number of ketones is 1. The summed E-state index contributed by atoms with van der Waals surface area (Å²) in [4.78, 5) is 59.3. The molecule has 1 aromatic carbocycles. The molecule has 1 aliphatic heterocycles. The van der Waals surface area contributed by atoms with Gasteiger partial charge in [0, 0.05) is 24.5 Å². The maximum Gasteiger partial charge on any atom is 0.407 e. The molecule has 1 aliphatic carbocycles. The molecule has 1 saturated carbocycles. The molecule has 1 saturated heterocycles. The lowest BCUT2D eigenvalue weighted by atomic mass is 9.83. The second-order valence-corrected chi connectivity index (χ2v) is 12.1. The van der Waals surface area contributed by atoms with E-state index in [9.17, 15) is 24.3 Å². The van der Waals surface area contributed by atoms with Crippen LogP contribution < -0.4 is 10.1 Å². The summed E-state index contributed by atoms with van der Waals surface area (Å²) in [5.41, 5.74) is 0.714. The van der Waals surface area contributed by atoms with Crippen LogP contribution in [0.25, 0.3) is 0 Å². The molecule has 2 aromatic rings. The summed E-state index contributed by atoms with van der Waals surface area (Å²) in [6, 6.07) is 4.81. The predicted molar refractivity (Wildman–Crippen MR) is 163 cm³/mol. The predicted octanol–water partition coefficient (Wildman–Crippen LogP) is 3.49. The molecule has 0 bridgehead atoms. The van der Waals surface area contributed by atoms with Crippen molar-refractivity contribution in [2.45, 2.75) is 70.0 Å². The van der Waals surface area contributed by atoms with Gasteiger partial charge < -0.3 is 29.9 Å². The van der Waals surface area contributed by atoms with Crippen LogP contribution in [0, 0.1) is 5.92 Å². The van der Waals surface area contributed by atoms with Gasteiger partial charge in [-0.15, -0.1) is 11.3 Å². The summed E-state index contributed by atoms with van der Waals surface area (Å²) in [6.45, 7) is 2.79. The molecule has 3 amide bonds. The first-order valence-corrected chi connectivity index (χ1v) is 16.1. The van der Waals surface area contributed by atoms with Gasteiger partial charge in [-0.3, -0.25) is 19.3 Å². The summed E-state index contributed by atoms with van der Waals surface area (Å²) in [6.07, 6.45) is 4.90. The van der Waals surface area contributed by atoms with Gasteiger partial charge in [0.1, 0.15) is 35.1 Å². The zero-order valence-corrected chi connectivity index (χ0v) is 26.1. The number of rotatable bonds is 14. The summed E-state index contributed by atoms with van der Waals surface area (Å²) < 4.78 is 10.9. The third kappa shape index (κ3) is 8.33. The number of aliphatic hydroxyl groups is 1. The minimum absolute atomic E-state index is 0.0343. The molecule has 44 heavy (non-hydrogen) atoms. The van der Waals surface area contributed by atoms with Gasteiger partial charge in [0.2, 0.25) is 17.6 Å². The number of amides is 3. The van der Waals surface area contributed by atoms with E-state index in [1.54, 1.807) is 34.5 Å². The van der Waals surface area contributed by atoms with Crippen molar-refractivity contribution in [3.63, 3.8) is 0 Å². The molecule has 2 fully saturated rings. The second-order valence-electron chi connectivity index (χ2n) is 11.3. The Morgan fingerprint density at radius 2 is 1.89 bits per heavy atom. The van der Waals surface area contributed by atoms with E-state index < -0.39 is 24.1 Å². The Bertz CT molecular complexity index is 1300. The number of nitrogens with zero attached hydrogens (tertiary/aromatic N) is 3. The number of likely N-dealkylation sites (N-methyl/N-ethyl adjacent to an activating group) is 1. The Hall–Kier alpha value is -3.55. The fourth-order valence-electron chi connectivity index (χ4n) is 5.74. The van der Waals surface area contributed by atoms with Gasteiger partial charge in [0.25, 0.3) is 0 Å². The lowest BCUT2D eigenvalue weighted by molar-refractivity contribution is -0.140. The summed E-state index contributed by atoms with van der Waals surface area (Å²) >= 11 is 1.34. The van der Waals surface area contributed by atoms with E-state index in [4.69, 9.17) is 14.6 Å². The van der Waals surface area contributed by atoms with E-state index in [0.717, 1.165) is 43.4 Å². The number of thiazole rings is 1. The quantitative estimate of drug-likeness (QED) is 0.210. The Morgan fingerprint density at radius 1 is 1.11 bits per heavy atom. The zero-order valence-electron chi connectivity index (χ0n) is 25.3. The molecule has 3 N–H and O–H groups in total. The highest BCUT2D eigenvalue weighted by atomic mass is 32.1. The molecule has 0 radical (unpaired) electrons. The van der Waals surface area contributed by atoms with Gasteiger partial charge in [0.15, 0.2) is 0 Å². The van der Waals surface area contributed by atoms with Gasteiger partial charge in [-0.05, 0) is 50.7 Å². The van der Waals surface area contributed by atoms with Gasteiger partial charge in [-0.25, -0.2) is 9.78 Å². The normalized spacial score (nSPS) is 18.4. The molecule has 0 spiro atoms. The fourth-order valence-corrected chi connectivity index (χ4v) is 6.68. The van der Waals surface area contributed by atoms with E-state index in [2.05, 4.69) is 10.3 Å². The molecule has 2 heterocycles. The smallest absolute Gasteiger partial charge is 0.407 e. The second kappa shape index (κ2) is 16.0. The van der Waals surface area contributed by atoms with Crippen LogP contribution >= 0.6 is 11.3 Å². The van der Waals surface area contributed by atoms with Crippen molar-refractivity contribution in [1.29, 1.82) is 0 Å². The first kappa shape index (κ1) is 33.3. The third-order valence-electron chi connectivity index (χ3n) is 8.35. The number of aromatic nitrogens is 1. The zero-order chi connectivity index (χ0) is 31.6. The molecular formula is C31H42N4O8S.